The first-order chi connectivity index (χ1) is 7.58. The Morgan fingerprint density at radius 3 is 2.81 bits per heavy atom. The third kappa shape index (κ3) is 3.73. The van der Waals surface area contributed by atoms with Crippen molar-refractivity contribution in [2.24, 2.45) is 0 Å². The van der Waals surface area contributed by atoms with Crippen molar-refractivity contribution in [1.29, 1.82) is 0 Å². The highest BCUT2D eigenvalue weighted by molar-refractivity contribution is 5.86. The number of carbonyl (C=O) groups excluding carboxylic acids is 1. The van der Waals surface area contributed by atoms with Crippen LogP contribution in [-0.2, 0) is 14.3 Å². The molecule has 0 aromatic rings. The summed E-state index contributed by atoms with van der Waals surface area (Å²) in [4.78, 5) is 13.8. The molecular weight excluding hydrogens is 208 g/mol. The third-order valence-electron chi connectivity index (χ3n) is 2.71. The van der Waals surface area contributed by atoms with Crippen LogP contribution < -0.4 is 5.32 Å². The van der Waals surface area contributed by atoms with Crippen LogP contribution in [0.15, 0.2) is 0 Å². The second-order valence-electron chi connectivity index (χ2n) is 4.45. The van der Waals surface area contributed by atoms with Crippen molar-refractivity contribution >= 4 is 5.91 Å². The monoisotopic (exact) mass is 230 g/mol. The number of rotatable bonds is 6. The van der Waals surface area contributed by atoms with Crippen LogP contribution in [-0.4, -0.2) is 62.9 Å². The molecule has 1 heterocycles. The number of hydrogen-bond donors (Lipinski definition) is 1. The van der Waals surface area contributed by atoms with Crippen molar-refractivity contribution in [1.82, 2.24) is 10.2 Å². The van der Waals surface area contributed by atoms with Crippen molar-refractivity contribution < 1.29 is 14.3 Å². The van der Waals surface area contributed by atoms with Crippen LogP contribution in [0.3, 0.4) is 0 Å². The molecule has 1 aliphatic heterocycles. The Balaban J connectivity index is 2.23. The van der Waals surface area contributed by atoms with E-state index in [0.29, 0.717) is 26.4 Å². The number of ether oxygens (including phenoxy) is 2. The summed E-state index contributed by atoms with van der Waals surface area (Å²) >= 11 is 0. The lowest BCUT2D eigenvalue weighted by atomic mass is 10.0. The van der Waals surface area contributed by atoms with E-state index < -0.39 is 5.54 Å². The Bertz CT molecular complexity index is 231. The summed E-state index contributed by atoms with van der Waals surface area (Å²) in [6.07, 6.45) is 0. The molecule has 0 saturated carbocycles. The quantitative estimate of drug-likeness (QED) is 0.645. The highest BCUT2D eigenvalue weighted by Crippen LogP contribution is 2.11. The van der Waals surface area contributed by atoms with Gasteiger partial charge in [0.25, 0.3) is 0 Å². The van der Waals surface area contributed by atoms with Crippen LogP contribution >= 0.6 is 0 Å². The molecule has 0 aliphatic carbocycles. The van der Waals surface area contributed by atoms with E-state index in [-0.39, 0.29) is 5.91 Å². The zero-order chi connectivity index (χ0) is 12.0. The molecule has 0 atom stereocenters. The second kappa shape index (κ2) is 6.18. The lowest BCUT2D eigenvalue weighted by Crippen LogP contribution is -2.61. The number of nitrogens with one attached hydrogen (secondary N) is 1. The molecular formula is C11H22N2O3. The molecule has 1 N–H and O–H groups in total. The molecule has 1 fully saturated rings. The maximum atomic E-state index is 12.0. The van der Waals surface area contributed by atoms with Gasteiger partial charge in [-0.15, -0.1) is 0 Å². The summed E-state index contributed by atoms with van der Waals surface area (Å²) in [6, 6.07) is 0. The fraction of sp³-hybridized carbons (Fsp3) is 0.909. The van der Waals surface area contributed by atoms with Gasteiger partial charge in [-0.3, -0.25) is 4.79 Å². The third-order valence-corrected chi connectivity index (χ3v) is 2.71. The fourth-order valence-corrected chi connectivity index (χ4v) is 1.71. The predicted octanol–water partition coefficient (Wildman–Crippen LogP) is -0.140. The lowest BCUT2D eigenvalue weighted by molar-refractivity contribution is -0.140. The van der Waals surface area contributed by atoms with Gasteiger partial charge in [-0.25, -0.2) is 0 Å². The van der Waals surface area contributed by atoms with E-state index in [2.05, 4.69) is 5.32 Å². The number of methoxy groups -OCH3 is 1. The number of nitrogens with zero attached hydrogens (tertiary/aromatic N) is 1. The Morgan fingerprint density at radius 2 is 2.12 bits per heavy atom. The molecule has 16 heavy (non-hydrogen) atoms. The maximum Gasteiger partial charge on any atom is 0.242 e. The van der Waals surface area contributed by atoms with E-state index in [0.717, 1.165) is 13.1 Å². The van der Waals surface area contributed by atoms with Crippen LogP contribution in [0.25, 0.3) is 0 Å². The van der Waals surface area contributed by atoms with Crippen molar-refractivity contribution in [2.75, 3.05) is 46.6 Å². The molecule has 0 unspecified atom stereocenters. The van der Waals surface area contributed by atoms with E-state index in [1.165, 1.54) is 0 Å². The number of piperazine rings is 1. The van der Waals surface area contributed by atoms with Gasteiger partial charge in [0.1, 0.15) is 0 Å². The van der Waals surface area contributed by atoms with Crippen LogP contribution in [0, 0.1) is 0 Å². The first-order valence-corrected chi connectivity index (χ1v) is 5.69. The van der Waals surface area contributed by atoms with Crippen molar-refractivity contribution in [3.05, 3.63) is 0 Å². The number of amides is 1. The van der Waals surface area contributed by atoms with Gasteiger partial charge < -0.3 is 19.7 Å². The minimum absolute atomic E-state index is 0.147. The first-order valence-electron chi connectivity index (χ1n) is 5.69. The summed E-state index contributed by atoms with van der Waals surface area (Å²) in [6.45, 7) is 7.84. The summed E-state index contributed by atoms with van der Waals surface area (Å²) in [5, 5.41) is 3.20. The fourth-order valence-electron chi connectivity index (χ4n) is 1.71. The standard InChI is InChI=1S/C11H22N2O3/c1-11(2)10(14)13(5-4-12-11)6-7-16-9-8-15-3/h12H,4-9H2,1-3H3. The predicted molar refractivity (Wildman–Crippen MR) is 61.4 cm³/mol. The summed E-state index contributed by atoms with van der Waals surface area (Å²) in [5.41, 5.74) is -0.440. The number of carbonyl (C=O) groups is 1. The molecule has 0 bridgehead atoms. The van der Waals surface area contributed by atoms with E-state index in [1.807, 2.05) is 18.7 Å². The van der Waals surface area contributed by atoms with Crippen molar-refractivity contribution in [3.8, 4) is 0 Å². The zero-order valence-electron chi connectivity index (χ0n) is 10.4. The largest absolute Gasteiger partial charge is 0.382 e. The molecule has 1 amide bonds. The molecule has 94 valence electrons. The molecule has 1 aliphatic rings. The van der Waals surface area contributed by atoms with Crippen LogP contribution in [0.5, 0.6) is 0 Å². The van der Waals surface area contributed by atoms with Crippen LogP contribution in [0.4, 0.5) is 0 Å². The SMILES string of the molecule is COCCOCCN1CCNC(C)(C)C1=O. The van der Waals surface area contributed by atoms with Gasteiger partial charge in [-0.1, -0.05) is 0 Å². The summed E-state index contributed by atoms with van der Waals surface area (Å²) in [7, 11) is 1.64. The van der Waals surface area contributed by atoms with Gasteiger partial charge >= 0.3 is 0 Å². The maximum absolute atomic E-state index is 12.0. The molecule has 0 aromatic heterocycles. The Labute approximate surface area is 97.1 Å². The smallest absolute Gasteiger partial charge is 0.242 e. The summed E-state index contributed by atoms with van der Waals surface area (Å²) < 4.78 is 10.2. The van der Waals surface area contributed by atoms with Crippen LogP contribution in [0.2, 0.25) is 0 Å². The highest BCUT2D eigenvalue weighted by atomic mass is 16.5. The van der Waals surface area contributed by atoms with Gasteiger partial charge in [-0.2, -0.15) is 0 Å². The number of hydrogen-bond acceptors (Lipinski definition) is 4. The van der Waals surface area contributed by atoms with E-state index in [9.17, 15) is 4.79 Å². The topological polar surface area (TPSA) is 50.8 Å². The minimum atomic E-state index is -0.440. The summed E-state index contributed by atoms with van der Waals surface area (Å²) in [5.74, 6) is 0.147. The molecule has 0 aromatic carbocycles. The molecule has 5 nitrogen and oxygen atoms in total. The van der Waals surface area contributed by atoms with E-state index in [4.69, 9.17) is 9.47 Å². The average Bonchev–Trinajstić information content (AvgIpc) is 2.24. The molecule has 5 heteroatoms. The molecule has 0 spiro atoms. The average molecular weight is 230 g/mol. The van der Waals surface area contributed by atoms with Gasteiger partial charge in [-0.05, 0) is 13.8 Å². The van der Waals surface area contributed by atoms with Gasteiger partial charge in [0.15, 0.2) is 0 Å². The molecule has 1 saturated heterocycles. The molecule has 1 rings (SSSR count). The lowest BCUT2D eigenvalue weighted by Gasteiger charge is -2.38. The Kier molecular flexibility index (Phi) is 5.18. The van der Waals surface area contributed by atoms with E-state index >= 15 is 0 Å². The van der Waals surface area contributed by atoms with Gasteiger partial charge in [0, 0.05) is 26.7 Å². The molecule has 0 radical (unpaired) electrons. The Hall–Kier alpha value is -0.650. The normalized spacial score (nSPS) is 20.2. The highest BCUT2D eigenvalue weighted by Gasteiger charge is 2.34. The van der Waals surface area contributed by atoms with E-state index in [1.54, 1.807) is 7.11 Å². The zero-order valence-corrected chi connectivity index (χ0v) is 10.4. The van der Waals surface area contributed by atoms with Crippen molar-refractivity contribution in [2.45, 2.75) is 19.4 Å². The second-order valence-corrected chi connectivity index (χ2v) is 4.45. The van der Waals surface area contributed by atoms with Gasteiger partial charge in [0.05, 0.1) is 25.4 Å². The van der Waals surface area contributed by atoms with Gasteiger partial charge in [0.2, 0.25) is 5.91 Å². The minimum Gasteiger partial charge on any atom is -0.382 e. The Morgan fingerprint density at radius 1 is 1.38 bits per heavy atom. The van der Waals surface area contributed by atoms with Crippen LogP contribution in [0.1, 0.15) is 13.8 Å². The first kappa shape index (κ1) is 13.4. The van der Waals surface area contributed by atoms with Crippen molar-refractivity contribution in [3.63, 3.8) is 0 Å².